The summed E-state index contributed by atoms with van der Waals surface area (Å²) >= 11 is 0. The number of carbonyl (C=O) groups excluding carboxylic acids is 1. The van der Waals surface area contributed by atoms with Crippen LogP contribution >= 0.6 is 0 Å². The fraction of sp³-hybridized carbons (Fsp3) is 0.278. The van der Waals surface area contributed by atoms with Gasteiger partial charge in [0.25, 0.3) is 5.91 Å². The Balaban J connectivity index is 1.82. The van der Waals surface area contributed by atoms with Crippen LogP contribution in [0.5, 0.6) is 5.75 Å². The van der Waals surface area contributed by atoms with E-state index < -0.39 is 0 Å². The first kappa shape index (κ1) is 17.9. The van der Waals surface area contributed by atoms with E-state index in [1.54, 1.807) is 25.1 Å². The highest BCUT2D eigenvalue weighted by atomic mass is 19.1. The molecule has 5 nitrogen and oxygen atoms in total. The van der Waals surface area contributed by atoms with Gasteiger partial charge in [0.1, 0.15) is 18.2 Å². The van der Waals surface area contributed by atoms with Gasteiger partial charge in [0.2, 0.25) is 0 Å². The number of halogens is 1. The van der Waals surface area contributed by atoms with Crippen LogP contribution in [0.4, 0.5) is 4.39 Å². The minimum atomic E-state index is -0.373. The summed E-state index contributed by atoms with van der Waals surface area (Å²) in [6.45, 7) is 2.46. The molecule has 0 saturated carbocycles. The second-order valence-electron chi connectivity index (χ2n) is 5.30. The summed E-state index contributed by atoms with van der Waals surface area (Å²) in [5.74, 6) is 0.149. The van der Waals surface area contributed by atoms with Crippen molar-refractivity contribution in [2.45, 2.75) is 26.1 Å². The highest BCUT2D eigenvalue weighted by molar-refractivity contribution is 5.80. The Labute approximate surface area is 140 Å². The summed E-state index contributed by atoms with van der Waals surface area (Å²) < 4.78 is 19.1. The Bertz CT molecular complexity index is 662. The average molecular weight is 332 g/mol. The molecule has 0 fully saturated rings. The standard InChI is InChI=1S/C18H21FN2O3/c1-13(18(22)21-23-2)20-11-14-7-9-16(10-8-14)24-12-15-5-3-4-6-17(15)19/h3-10,13,20H,11-12H2,1-2H3,(H,21,22). The molecule has 6 heteroatoms. The van der Waals surface area contributed by atoms with Crippen LogP contribution in [0.2, 0.25) is 0 Å². The average Bonchev–Trinajstić information content (AvgIpc) is 2.60. The van der Waals surface area contributed by atoms with Crippen molar-refractivity contribution in [1.29, 1.82) is 0 Å². The Kier molecular flexibility index (Phi) is 6.72. The quantitative estimate of drug-likeness (QED) is 0.730. The third-order valence-corrected chi connectivity index (χ3v) is 3.48. The molecule has 128 valence electrons. The van der Waals surface area contributed by atoms with E-state index in [1.165, 1.54) is 13.2 Å². The van der Waals surface area contributed by atoms with Gasteiger partial charge >= 0.3 is 0 Å². The van der Waals surface area contributed by atoms with Crippen LogP contribution in [0.25, 0.3) is 0 Å². The minimum Gasteiger partial charge on any atom is -0.489 e. The van der Waals surface area contributed by atoms with Gasteiger partial charge in [0, 0.05) is 12.1 Å². The molecule has 0 saturated heterocycles. The van der Waals surface area contributed by atoms with Crippen LogP contribution < -0.4 is 15.5 Å². The molecule has 2 rings (SSSR count). The molecule has 0 heterocycles. The lowest BCUT2D eigenvalue weighted by Crippen LogP contribution is -2.41. The molecule has 1 unspecified atom stereocenters. The molecule has 2 N–H and O–H groups in total. The number of rotatable bonds is 8. The molecule has 0 aliphatic heterocycles. The molecule has 0 radical (unpaired) electrons. The van der Waals surface area contributed by atoms with Crippen molar-refractivity contribution in [1.82, 2.24) is 10.8 Å². The fourth-order valence-corrected chi connectivity index (χ4v) is 2.03. The number of hydrogen-bond donors (Lipinski definition) is 2. The third-order valence-electron chi connectivity index (χ3n) is 3.48. The van der Waals surface area contributed by atoms with Crippen molar-refractivity contribution in [2.24, 2.45) is 0 Å². The molecule has 0 spiro atoms. The van der Waals surface area contributed by atoms with E-state index in [9.17, 15) is 9.18 Å². The molecule has 2 aromatic rings. The zero-order chi connectivity index (χ0) is 17.4. The first-order chi connectivity index (χ1) is 11.6. The molecule has 24 heavy (non-hydrogen) atoms. The molecule has 1 atom stereocenters. The Morgan fingerprint density at radius 1 is 1.17 bits per heavy atom. The predicted octanol–water partition coefficient (Wildman–Crippen LogP) is 2.56. The fourth-order valence-electron chi connectivity index (χ4n) is 2.03. The zero-order valence-corrected chi connectivity index (χ0v) is 13.7. The minimum absolute atomic E-state index is 0.179. The van der Waals surface area contributed by atoms with Crippen molar-refractivity contribution in [3.05, 3.63) is 65.5 Å². The summed E-state index contributed by atoms with van der Waals surface area (Å²) in [4.78, 5) is 16.1. The van der Waals surface area contributed by atoms with E-state index >= 15 is 0 Å². The van der Waals surface area contributed by atoms with Crippen LogP contribution in [0.3, 0.4) is 0 Å². The molecule has 1 amide bonds. The number of nitrogens with one attached hydrogen (secondary N) is 2. The van der Waals surface area contributed by atoms with Gasteiger partial charge < -0.3 is 10.1 Å². The number of amides is 1. The highest BCUT2D eigenvalue weighted by Crippen LogP contribution is 2.15. The van der Waals surface area contributed by atoms with E-state index in [0.717, 1.165) is 5.56 Å². The summed E-state index contributed by atoms with van der Waals surface area (Å²) in [5, 5.41) is 3.09. The van der Waals surface area contributed by atoms with E-state index in [4.69, 9.17) is 4.74 Å². The van der Waals surface area contributed by atoms with Gasteiger partial charge in [-0.2, -0.15) is 0 Å². The summed E-state index contributed by atoms with van der Waals surface area (Å²) in [5.41, 5.74) is 3.80. The lowest BCUT2D eigenvalue weighted by atomic mass is 10.2. The molecule has 2 aromatic carbocycles. The van der Waals surface area contributed by atoms with E-state index in [0.29, 0.717) is 17.9 Å². The van der Waals surface area contributed by atoms with Crippen molar-refractivity contribution in [3.63, 3.8) is 0 Å². The van der Waals surface area contributed by atoms with Gasteiger partial charge in [-0.3, -0.25) is 9.63 Å². The molecule has 0 aliphatic carbocycles. The van der Waals surface area contributed by atoms with E-state index in [-0.39, 0.29) is 24.4 Å². The summed E-state index contributed by atoms with van der Waals surface area (Å²) in [6.07, 6.45) is 0. The Hall–Kier alpha value is -2.44. The normalized spacial score (nSPS) is 11.8. The number of carbonyl (C=O) groups is 1. The molecule has 0 aliphatic rings. The van der Waals surface area contributed by atoms with Crippen molar-refractivity contribution < 1.29 is 18.8 Å². The number of benzene rings is 2. The lowest BCUT2D eigenvalue weighted by molar-refractivity contribution is -0.133. The van der Waals surface area contributed by atoms with Gasteiger partial charge in [-0.05, 0) is 30.7 Å². The lowest BCUT2D eigenvalue weighted by Gasteiger charge is -2.13. The monoisotopic (exact) mass is 332 g/mol. The van der Waals surface area contributed by atoms with Gasteiger partial charge in [-0.1, -0.05) is 30.3 Å². The maximum absolute atomic E-state index is 13.5. The number of ether oxygens (including phenoxy) is 1. The SMILES string of the molecule is CONC(=O)C(C)NCc1ccc(OCc2ccccc2F)cc1. The summed E-state index contributed by atoms with van der Waals surface area (Å²) in [6, 6.07) is 13.6. The maximum atomic E-state index is 13.5. The van der Waals surface area contributed by atoms with Crippen LogP contribution in [0.15, 0.2) is 48.5 Å². The second kappa shape index (κ2) is 9.00. The highest BCUT2D eigenvalue weighted by Gasteiger charge is 2.11. The van der Waals surface area contributed by atoms with Crippen molar-refractivity contribution in [3.8, 4) is 5.75 Å². The zero-order valence-electron chi connectivity index (χ0n) is 13.7. The Morgan fingerprint density at radius 2 is 1.88 bits per heavy atom. The van der Waals surface area contributed by atoms with E-state index in [1.807, 2.05) is 24.3 Å². The third kappa shape index (κ3) is 5.33. The molecular formula is C18H21FN2O3. The van der Waals surface area contributed by atoms with Crippen LogP contribution in [0, 0.1) is 5.82 Å². The maximum Gasteiger partial charge on any atom is 0.260 e. The van der Waals surface area contributed by atoms with Gasteiger partial charge in [-0.15, -0.1) is 0 Å². The summed E-state index contributed by atoms with van der Waals surface area (Å²) in [7, 11) is 1.39. The predicted molar refractivity (Wildman–Crippen MR) is 88.6 cm³/mol. The first-order valence-corrected chi connectivity index (χ1v) is 7.61. The van der Waals surface area contributed by atoms with Crippen LogP contribution in [0.1, 0.15) is 18.1 Å². The van der Waals surface area contributed by atoms with Crippen LogP contribution in [-0.4, -0.2) is 19.1 Å². The Morgan fingerprint density at radius 3 is 2.54 bits per heavy atom. The second-order valence-corrected chi connectivity index (χ2v) is 5.30. The molecular weight excluding hydrogens is 311 g/mol. The van der Waals surface area contributed by atoms with Crippen molar-refractivity contribution in [2.75, 3.05) is 7.11 Å². The van der Waals surface area contributed by atoms with E-state index in [2.05, 4.69) is 15.6 Å². The number of hydrogen-bond acceptors (Lipinski definition) is 4. The molecule has 0 aromatic heterocycles. The van der Waals surface area contributed by atoms with Crippen molar-refractivity contribution >= 4 is 5.91 Å². The van der Waals surface area contributed by atoms with Gasteiger partial charge in [0.05, 0.1) is 13.2 Å². The van der Waals surface area contributed by atoms with Crippen LogP contribution in [-0.2, 0) is 22.8 Å². The topological polar surface area (TPSA) is 59.6 Å². The van der Waals surface area contributed by atoms with Gasteiger partial charge in [0.15, 0.2) is 0 Å². The smallest absolute Gasteiger partial charge is 0.260 e. The first-order valence-electron chi connectivity index (χ1n) is 7.61. The van der Waals surface area contributed by atoms with Gasteiger partial charge in [-0.25, -0.2) is 9.87 Å². The molecule has 0 bridgehead atoms. The largest absolute Gasteiger partial charge is 0.489 e. The number of hydroxylamine groups is 1.